The predicted molar refractivity (Wildman–Crippen MR) is 89.7 cm³/mol. The Morgan fingerprint density at radius 2 is 2.09 bits per heavy atom. The van der Waals surface area contributed by atoms with Gasteiger partial charge in [-0.1, -0.05) is 38.0 Å². The maximum Gasteiger partial charge on any atom is 0.217 e. The van der Waals surface area contributed by atoms with Gasteiger partial charge < -0.3 is 10.3 Å². The summed E-state index contributed by atoms with van der Waals surface area (Å²) in [5.74, 6) is -0.0176. The summed E-state index contributed by atoms with van der Waals surface area (Å²) in [5, 5.41) is 5.40. The quantitative estimate of drug-likeness (QED) is 0.745. The molecule has 0 saturated heterocycles. The van der Waals surface area contributed by atoms with E-state index < -0.39 is 0 Å². The zero-order valence-corrected chi connectivity index (χ0v) is 13.0. The van der Waals surface area contributed by atoms with Crippen molar-refractivity contribution in [3.63, 3.8) is 0 Å². The van der Waals surface area contributed by atoms with Crippen LogP contribution in [0.4, 0.5) is 0 Å². The van der Waals surface area contributed by atoms with Crippen LogP contribution in [0, 0.1) is 0 Å². The number of para-hydroxylation sites is 1. The molecule has 22 heavy (non-hydrogen) atoms. The molecule has 4 heteroatoms. The van der Waals surface area contributed by atoms with Crippen LogP contribution in [0.2, 0.25) is 0 Å². The molecule has 0 saturated carbocycles. The van der Waals surface area contributed by atoms with E-state index in [2.05, 4.69) is 34.3 Å². The average molecular weight is 295 g/mol. The van der Waals surface area contributed by atoms with E-state index in [0.717, 1.165) is 41.4 Å². The zero-order valence-electron chi connectivity index (χ0n) is 13.0. The van der Waals surface area contributed by atoms with Gasteiger partial charge in [-0.2, -0.15) is 0 Å². The minimum absolute atomic E-state index is 0.0176. The van der Waals surface area contributed by atoms with Gasteiger partial charge in [-0.3, -0.25) is 9.78 Å². The lowest BCUT2D eigenvalue weighted by Crippen LogP contribution is -2.27. The number of benzene rings is 1. The van der Waals surface area contributed by atoms with Crippen LogP contribution < -0.4 is 5.32 Å². The van der Waals surface area contributed by atoms with Gasteiger partial charge in [0.2, 0.25) is 5.91 Å². The minimum Gasteiger partial charge on any atom is -0.353 e. The van der Waals surface area contributed by atoms with Crippen LogP contribution in [0.15, 0.2) is 36.5 Å². The molecule has 0 bridgehead atoms. The first-order chi connectivity index (χ1) is 10.7. The van der Waals surface area contributed by atoms with E-state index in [9.17, 15) is 4.79 Å². The van der Waals surface area contributed by atoms with Crippen LogP contribution in [0.5, 0.6) is 0 Å². The molecule has 0 radical (unpaired) electrons. The average Bonchev–Trinajstić information content (AvgIpc) is 2.90. The summed E-state index contributed by atoms with van der Waals surface area (Å²) in [6.45, 7) is 3.71. The predicted octanol–water partition coefficient (Wildman–Crippen LogP) is 4.08. The zero-order chi connectivity index (χ0) is 15.5. The number of rotatable bonds is 5. The maximum absolute atomic E-state index is 11.5. The highest BCUT2D eigenvalue weighted by Gasteiger charge is 2.18. The molecule has 3 rings (SSSR count). The first-order valence-electron chi connectivity index (χ1n) is 7.83. The summed E-state index contributed by atoms with van der Waals surface area (Å²) in [6.07, 6.45) is 4.89. The molecule has 2 aromatic heterocycles. The normalized spacial score (nSPS) is 12.6. The fraction of sp³-hybridized carbons (Fsp3) is 0.333. The molecule has 0 fully saturated rings. The first kappa shape index (κ1) is 14.6. The van der Waals surface area contributed by atoms with Crippen LogP contribution in [-0.2, 0) is 4.79 Å². The highest BCUT2D eigenvalue weighted by molar-refractivity contribution is 6.07. The number of aromatic nitrogens is 2. The SMILES string of the molecule is CCCC[C@@H](NC(C)=O)c1nccc2c1[nH]c1ccccc12. The second-order valence-corrected chi connectivity index (χ2v) is 5.68. The Bertz CT molecular complexity index is 806. The Hall–Kier alpha value is -2.36. The molecule has 1 aromatic carbocycles. The summed E-state index contributed by atoms with van der Waals surface area (Å²) in [7, 11) is 0. The van der Waals surface area contributed by atoms with Crippen molar-refractivity contribution in [1.82, 2.24) is 15.3 Å². The Labute approximate surface area is 129 Å². The molecule has 0 aliphatic carbocycles. The van der Waals surface area contributed by atoms with Crippen molar-refractivity contribution >= 4 is 27.7 Å². The number of carbonyl (C=O) groups excluding carboxylic acids is 1. The van der Waals surface area contributed by atoms with E-state index in [4.69, 9.17) is 0 Å². The summed E-state index contributed by atoms with van der Waals surface area (Å²) >= 11 is 0. The van der Waals surface area contributed by atoms with Crippen LogP contribution in [0.3, 0.4) is 0 Å². The highest BCUT2D eigenvalue weighted by atomic mass is 16.1. The van der Waals surface area contributed by atoms with E-state index in [1.54, 1.807) is 6.92 Å². The minimum atomic E-state index is -0.0470. The molecule has 0 aliphatic heterocycles. The summed E-state index contributed by atoms with van der Waals surface area (Å²) in [4.78, 5) is 19.6. The number of hydrogen-bond donors (Lipinski definition) is 2. The lowest BCUT2D eigenvalue weighted by atomic mass is 10.0. The first-order valence-corrected chi connectivity index (χ1v) is 7.83. The number of carbonyl (C=O) groups is 1. The second kappa shape index (κ2) is 6.18. The third kappa shape index (κ3) is 2.69. The molecular weight excluding hydrogens is 274 g/mol. The summed E-state index contributed by atoms with van der Waals surface area (Å²) in [5.41, 5.74) is 3.06. The summed E-state index contributed by atoms with van der Waals surface area (Å²) in [6, 6.07) is 10.2. The van der Waals surface area contributed by atoms with Crippen molar-refractivity contribution < 1.29 is 4.79 Å². The molecule has 0 spiro atoms. The Morgan fingerprint density at radius 3 is 2.86 bits per heavy atom. The van der Waals surface area contributed by atoms with Crippen LogP contribution >= 0.6 is 0 Å². The molecule has 2 heterocycles. The fourth-order valence-corrected chi connectivity index (χ4v) is 2.99. The monoisotopic (exact) mass is 295 g/mol. The van der Waals surface area contributed by atoms with E-state index in [0.29, 0.717) is 0 Å². The summed E-state index contributed by atoms with van der Waals surface area (Å²) < 4.78 is 0. The second-order valence-electron chi connectivity index (χ2n) is 5.68. The van der Waals surface area contributed by atoms with Gasteiger partial charge in [0.25, 0.3) is 0 Å². The van der Waals surface area contributed by atoms with Crippen molar-refractivity contribution in [3.05, 3.63) is 42.2 Å². The molecule has 3 aromatic rings. The molecular formula is C18H21N3O. The van der Waals surface area contributed by atoms with Gasteiger partial charge in [0, 0.05) is 29.4 Å². The molecule has 4 nitrogen and oxygen atoms in total. The van der Waals surface area contributed by atoms with Crippen molar-refractivity contribution in [2.45, 2.75) is 39.2 Å². The molecule has 2 N–H and O–H groups in total. The molecule has 1 amide bonds. The van der Waals surface area contributed by atoms with Crippen LogP contribution in [-0.4, -0.2) is 15.9 Å². The Balaban J connectivity index is 2.13. The highest BCUT2D eigenvalue weighted by Crippen LogP contribution is 2.30. The van der Waals surface area contributed by atoms with Gasteiger partial charge in [0.1, 0.15) is 0 Å². The molecule has 0 unspecified atom stereocenters. The van der Waals surface area contributed by atoms with Gasteiger partial charge in [-0.25, -0.2) is 0 Å². The topological polar surface area (TPSA) is 57.8 Å². The van der Waals surface area contributed by atoms with Crippen LogP contribution in [0.25, 0.3) is 21.8 Å². The van der Waals surface area contributed by atoms with Gasteiger partial charge in [0.05, 0.1) is 17.3 Å². The van der Waals surface area contributed by atoms with E-state index >= 15 is 0 Å². The Morgan fingerprint density at radius 1 is 1.27 bits per heavy atom. The molecule has 1 atom stereocenters. The standard InChI is InChI=1S/C18H21N3O/c1-3-4-8-16(20-12(2)22)18-17-14(10-11-19-18)13-7-5-6-9-15(13)21-17/h5-7,9-11,16,21H,3-4,8H2,1-2H3,(H,20,22)/t16-/m1/s1. The van der Waals surface area contributed by atoms with E-state index in [1.165, 1.54) is 5.39 Å². The lowest BCUT2D eigenvalue weighted by molar-refractivity contribution is -0.119. The number of nitrogens with one attached hydrogen (secondary N) is 2. The molecule has 0 aliphatic rings. The van der Waals surface area contributed by atoms with Gasteiger partial charge in [-0.05, 0) is 18.6 Å². The maximum atomic E-state index is 11.5. The number of amides is 1. The van der Waals surface area contributed by atoms with Crippen molar-refractivity contribution in [1.29, 1.82) is 0 Å². The third-order valence-corrected chi connectivity index (χ3v) is 4.01. The van der Waals surface area contributed by atoms with Crippen molar-refractivity contribution in [2.24, 2.45) is 0 Å². The number of H-pyrrole nitrogens is 1. The van der Waals surface area contributed by atoms with Gasteiger partial charge in [-0.15, -0.1) is 0 Å². The number of hydrogen-bond acceptors (Lipinski definition) is 2. The van der Waals surface area contributed by atoms with Gasteiger partial charge in [0.15, 0.2) is 0 Å². The number of unbranched alkanes of at least 4 members (excludes halogenated alkanes) is 1. The Kier molecular flexibility index (Phi) is 4.09. The van der Waals surface area contributed by atoms with Crippen LogP contribution in [0.1, 0.15) is 44.8 Å². The van der Waals surface area contributed by atoms with E-state index in [1.807, 2.05) is 24.4 Å². The largest absolute Gasteiger partial charge is 0.353 e. The van der Waals surface area contributed by atoms with E-state index in [-0.39, 0.29) is 11.9 Å². The van der Waals surface area contributed by atoms with Crippen molar-refractivity contribution in [2.75, 3.05) is 0 Å². The smallest absolute Gasteiger partial charge is 0.217 e. The third-order valence-electron chi connectivity index (χ3n) is 4.01. The number of fused-ring (bicyclic) bond motifs is 3. The fourth-order valence-electron chi connectivity index (χ4n) is 2.99. The lowest BCUT2D eigenvalue weighted by Gasteiger charge is -2.17. The number of pyridine rings is 1. The van der Waals surface area contributed by atoms with Gasteiger partial charge >= 0.3 is 0 Å². The number of aromatic amines is 1. The molecule has 114 valence electrons. The van der Waals surface area contributed by atoms with Crippen molar-refractivity contribution in [3.8, 4) is 0 Å². The number of nitrogens with zero attached hydrogens (tertiary/aromatic N) is 1.